The van der Waals surface area contributed by atoms with Gasteiger partial charge in [-0.1, -0.05) is 65.7 Å². The van der Waals surface area contributed by atoms with Crippen molar-refractivity contribution in [3.05, 3.63) is 100 Å². The minimum atomic E-state index is -3.78. The molecule has 0 amide bonds. The van der Waals surface area contributed by atoms with Crippen LogP contribution in [0, 0.1) is 6.92 Å². The second kappa shape index (κ2) is 9.45. The molecule has 1 heterocycles. The molecule has 32 heavy (non-hydrogen) atoms. The Bertz CT molecular complexity index is 1220. The maximum Gasteiger partial charge on any atom is 0.308 e. The molecule has 4 rings (SSSR count). The first-order chi connectivity index (χ1) is 15.3. The fraction of sp³-hybridized carbons (Fsp3) is 0.240. The molecule has 0 fully saturated rings. The molecule has 1 aliphatic heterocycles. The van der Waals surface area contributed by atoms with Gasteiger partial charge in [0.15, 0.2) is 0 Å². The Kier molecular flexibility index (Phi) is 6.65. The zero-order valence-corrected chi connectivity index (χ0v) is 19.3. The third-order valence-electron chi connectivity index (χ3n) is 5.64. The standard InChI is InChI=1S/C25H24ClNO4S/c1-18-9-11-22(12-10-18)32(29,30)27-14-13-20-6-2-3-8-23(20)24(27)16-25(28)31-17-19-5-4-7-21(26)15-19/h2-12,15,24H,13-14,16-17H2,1H3. The normalized spacial score (nSPS) is 16.4. The molecule has 1 atom stereocenters. The molecule has 1 unspecified atom stereocenters. The van der Waals surface area contributed by atoms with Crippen LogP contribution in [-0.2, 0) is 32.6 Å². The first kappa shape index (κ1) is 22.5. The van der Waals surface area contributed by atoms with Crippen molar-refractivity contribution < 1.29 is 17.9 Å². The van der Waals surface area contributed by atoms with Gasteiger partial charge in [-0.25, -0.2) is 8.42 Å². The molecule has 1 aliphatic rings. The molecule has 3 aromatic carbocycles. The van der Waals surface area contributed by atoms with Crippen LogP contribution in [0.2, 0.25) is 5.02 Å². The Morgan fingerprint density at radius 1 is 1.06 bits per heavy atom. The van der Waals surface area contributed by atoms with Crippen LogP contribution in [-0.4, -0.2) is 25.2 Å². The molecule has 3 aromatic rings. The lowest BCUT2D eigenvalue weighted by atomic mass is 9.92. The van der Waals surface area contributed by atoms with Crippen molar-refractivity contribution in [2.45, 2.75) is 37.3 Å². The van der Waals surface area contributed by atoms with Gasteiger partial charge in [-0.3, -0.25) is 4.79 Å². The van der Waals surface area contributed by atoms with E-state index in [0.29, 0.717) is 18.0 Å². The Morgan fingerprint density at radius 2 is 1.81 bits per heavy atom. The molecule has 0 aliphatic carbocycles. The van der Waals surface area contributed by atoms with E-state index >= 15 is 0 Å². The van der Waals surface area contributed by atoms with E-state index in [1.807, 2.05) is 37.3 Å². The van der Waals surface area contributed by atoms with E-state index < -0.39 is 22.0 Å². The number of aryl methyl sites for hydroxylation is 1. The highest BCUT2D eigenvalue weighted by atomic mass is 35.5. The summed E-state index contributed by atoms with van der Waals surface area (Å²) in [4.78, 5) is 13.0. The first-order valence-electron chi connectivity index (χ1n) is 10.4. The number of rotatable bonds is 6. The minimum Gasteiger partial charge on any atom is -0.461 e. The zero-order valence-electron chi connectivity index (χ0n) is 17.7. The van der Waals surface area contributed by atoms with E-state index in [-0.39, 0.29) is 17.9 Å². The second-order valence-corrected chi connectivity index (χ2v) is 10.2. The lowest BCUT2D eigenvalue weighted by Crippen LogP contribution is -2.41. The number of fused-ring (bicyclic) bond motifs is 1. The van der Waals surface area contributed by atoms with Gasteiger partial charge in [0.1, 0.15) is 6.61 Å². The van der Waals surface area contributed by atoms with Gasteiger partial charge < -0.3 is 4.74 Å². The van der Waals surface area contributed by atoms with E-state index in [0.717, 1.165) is 22.3 Å². The number of carbonyl (C=O) groups excluding carboxylic acids is 1. The molecule has 0 saturated carbocycles. The fourth-order valence-corrected chi connectivity index (χ4v) is 5.80. The number of halogens is 1. The predicted octanol–water partition coefficient (Wildman–Crippen LogP) is 5.07. The summed E-state index contributed by atoms with van der Waals surface area (Å²) in [7, 11) is -3.78. The summed E-state index contributed by atoms with van der Waals surface area (Å²) in [5.41, 5.74) is 3.65. The molecule has 0 radical (unpaired) electrons. The van der Waals surface area contributed by atoms with Crippen LogP contribution in [0.25, 0.3) is 0 Å². The lowest BCUT2D eigenvalue weighted by Gasteiger charge is -2.36. The maximum absolute atomic E-state index is 13.5. The van der Waals surface area contributed by atoms with Crippen LogP contribution in [0.4, 0.5) is 0 Å². The molecular formula is C25H24ClNO4S. The summed E-state index contributed by atoms with van der Waals surface area (Å²) in [6.07, 6.45) is 0.526. The number of ether oxygens (including phenoxy) is 1. The summed E-state index contributed by atoms with van der Waals surface area (Å²) in [5.74, 6) is -0.462. The summed E-state index contributed by atoms with van der Waals surface area (Å²) < 4.78 is 33.8. The van der Waals surface area contributed by atoms with Crippen molar-refractivity contribution in [3.63, 3.8) is 0 Å². The van der Waals surface area contributed by atoms with Crippen LogP contribution in [0.15, 0.2) is 77.7 Å². The van der Waals surface area contributed by atoms with Gasteiger partial charge >= 0.3 is 5.97 Å². The molecule has 166 valence electrons. The van der Waals surface area contributed by atoms with Crippen LogP contribution < -0.4 is 0 Å². The van der Waals surface area contributed by atoms with Crippen LogP contribution in [0.5, 0.6) is 0 Å². The van der Waals surface area contributed by atoms with Gasteiger partial charge in [0, 0.05) is 11.6 Å². The molecule has 0 spiro atoms. The van der Waals surface area contributed by atoms with Crippen LogP contribution >= 0.6 is 11.6 Å². The topological polar surface area (TPSA) is 63.7 Å². The highest BCUT2D eigenvalue weighted by Crippen LogP contribution is 2.36. The first-order valence-corrected chi connectivity index (χ1v) is 12.2. The summed E-state index contributed by atoms with van der Waals surface area (Å²) >= 11 is 6.00. The molecule has 0 N–H and O–H groups in total. The van der Waals surface area contributed by atoms with Gasteiger partial charge in [0.05, 0.1) is 17.4 Å². The van der Waals surface area contributed by atoms with Gasteiger partial charge in [-0.05, 0) is 54.3 Å². The SMILES string of the molecule is Cc1ccc(S(=O)(=O)N2CCc3ccccc3C2CC(=O)OCc2cccc(Cl)c2)cc1. The minimum absolute atomic E-state index is 0.0668. The molecule has 5 nitrogen and oxygen atoms in total. The molecule has 0 saturated heterocycles. The van der Waals surface area contributed by atoms with Gasteiger partial charge in [0.25, 0.3) is 0 Å². The average molecular weight is 470 g/mol. The van der Waals surface area contributed by atoms with Crippen molar-refractivity contribution >= 4 is 27.6 Å². The number of carbonyl (C=O) groups is 1. The van der Waals surface area contributed by atoms with E-state index in [1.165, 1.54) is 4.31 Å². The number of benzene rings is 3. The zero-order chi connectivity index (χ0) is 22.7. The predicted molar refractivity (Wildman–Crippen MR) is 124 cm³/mol. The maximum atomic E-state index is 13.5. The van der Waals surface area contributed by atoms with E-state index in [4.69, 9.17) is 16.3 Å². The van der Waals surface area contributed by atoms with Crippen molar-refractivity contribution in [3.8, 4) is 0 Å². The average Bonchev–Trinajstić information content (AvgIpc) is 2.78. The van der Waals surface area contributed by atoms with Crippen LogP contribution in [0.3, 0.4) is 0 Å². The molecular weight excluding hydrogens is 446 g/mol. The van der Waals surface area contributed by atoms with Crippen molar-refractivity contribution in [2.24, 2.45) is 0 Å². The van der Waals surface area contributed by atoms with Crippen molar-refractivity contribution in [1.82, 2.24) is 4.31 Å². The Hall–Kier alpha value is -2.67. The smallest absolute Gasteiger partial charge is 0.308 e. The second-order valence-electron chi connectivity index (χ2n) is 7.89. The van der Waals surface area contributed by atoms with E-state index in [1.54, 1.807) is 42.5 Å². The Labute approximate surface area is 193 Å². The number of sulfonamides is 1. The third kappa shape index (κ3) is 4.88. The third-order valence-corrected chi connectivity index (χ3v) is 7.80. The number of esters is 1. The summed E-state index contributed by atoms with van der Waals surface area (Å²) in [6.45, 7) is 2.30. The quantitative estimate of drug-likeness (QED) is 0.473. The number of nitrogens with zero attached hydrogens (tertiary/aromatic N) is 1. The van der Waals surface area contributed by atoms with Gasteiger partial charge in [-0.2, -0.15) is 4.31 Å². The summed E-state index contributed by atoms with van der Waals surface area (Å²) in [6, 6.07) is 20.9. The lowest BCUT2D eigenvalue weighted by molar-refractivity contribution is -0.146. The van der Waals surface area contributed by atoms with Crippen molar-refractivity contribution in [2.75, 3.05) is 6.54 Å². The molecule has 0 aromatic heterocycles. The molecule has 7 heteroatoms. The van der Waals surface area contributed by atoms with E-state index in [9.17, 15) is 13.2 Å². The van der Waals surface area contributed by atoms with Gasteiger partial charge in [0.2, 0.25) is 10.0 Å². The number of hydrogen-bond acceptors (Lipinski definition) is 4. The van der Waals surface area contributed by atoms with E-state index in [2.05, 4.69) is 0 Å². The Morgan fingerprint density at radius 3 is 2.56 bits per heavy atom. The molecule has 0 bridgehead atoms. The monoisotopic (exact) mass is 469 g/mol. The highest BCUT2D eigenvalue weighted by Gasteiger charge is 2.37. The Balaban J connectivity index is 1.59. The van der Waals surface area contributed by atoms with Gasteiger partial charge in [-0.15, -0.1) is 0 Å². The van der Waals surface area contributed by atoms with Crippen molar-refractivity contribution in [1.29, 1.82) is 0 Å². The highest BCUT2D eigenvalue weighted by molar-refractivity contribution is 7.89. The fourth-order valence-electron chi connectivity index (χ4n) is 3.98. The largest absolute Gasteiger partial charge is 0.461 e. The van der Waals surface area contributed by atoms with Crippen LogP contribution in [0.1, 0.15) is 34.7 Å². The number of hydrogen-bond donors (Lipinski definition) is 0. The summed E-state index contributed by atoms with van der Waals surface area (Å²) in [5, 5.41) is 0.565.